The number of nitrogens with one attached hydrogen (secondary N) is 2. The molecule has 0 radical (unpaired) electrons. The van der Waals surface area contributed by atoms with Crippen molar-refractivity contribution in [3.8, 4) is 0 Å². The highest BCUT2D eigenvalue weighted by Crippen LogP contribution is 2.46. The van der Waals surface area contributed by atoms with Gasteiger partial charge in [0.05, 0.1) is 28.4 Å². The highest BCUT2D eigenvalue weighted by Gasteiger charge is 2.49. The van der Waals surface area contributed by atoms with Gasteiger partial charge in [0, 0.05) is 52.2 Å². The van der Waals surface area contributed by atoms with Crippen molar-refractivity contribution in [2.75, 3.05) is 18.2 Å². The Morgan fingerprint density at radius 3 is 3.00 bits per heavy atom. The minimum absolute atomic E-state index is 0.303. The molecule has 3 unspecified atom stereocenters. The monoisotopic (exact) mass is 585 g/mol. The Morgan fingerprint density at radius 2 is 2.21 bits per heavy atom. The fourth-order valence-electron chi connectivity index (χ4n) is 5.89. The lowest BCUT2D eigenvalue weighted by molar-refractivity contribution is 0.0526. The molecule has 3 atom stereocenters. The van der Waals surface area contributed by atoms with Crippen LogP contribution in [0.4, 0.5) is 5.13 Å². The van der Waals surface area contributed by atoms with E-state index in [-0.39, 0.29) is 5.97 Å². The number of carbonyl (C=O) groups is 1. The average Bonchev–Trinajstić information content (AvgIpc) is 3.39. The number of hydrazine groups is 1. The first-order chi connectivity index (χ1) is 19.0. The summed E-state index contributed by atoms with van der Waals surface area (Å²) in [7, 11) is 0. The molecular formula is C28H29Cl2N5O3S. The second-order valence-corrected chi connectivity index (χ2v) is 12.5. The molecule has 0 spiro atoms. The molecule has 204 valence electrons. The van der Waals surface area contributed by atoms with Crippen molar-refractivity contribution in [2.24, 2.45) is 5.92 Å². The highest BCUT2D eigenvalue weighted by molar-refractivity contribution is 7.22. The van der Waals surface area contributed by atoms with E-state index < -0.39 is 0 Å². The van der Waals surface area contributed by atoms with Crippen LogP contribution in [0.5, 0.6) is 0 Å². The Kier molecular flexibility index (Phi) is 6.67. The molecule has 2 aromatic heterocycles. The van der Waals surface area contributed by atoms with Crippen LogP contribution in [0.25, 0.3) is 15.8 Å². The van der Waals surface area contributed by atoms with E-state index in [1.54, 1.807) is 17.4 Å². The molecule has 3 aromatic rings. The van der Waals surface area contributed by atoms with Crippen molar-refractivity contribution in [3.05, 3.63) is 56.9 Å². The van der Waals surface area contributed by atoms with Crippen LogP contribution in [0.1, 0.15) is 72.3 Å². The number of fused-ring (bicyclic) bond motifs is 2. The van der Waals surface area contributed by atoms with E-state index in [9.17, 15) is 4.79 Å². The van der Waals surface area contributed by atoms with Gasteiger partial charge in [-0.15, -0.1) is 0 Å². The molecule has 4 aliphatic rings. The Balaban J connectivity index is 1.05. The second kappa shape index (κ2) is 10.2. The van der Waals surface area contributed by atoms with Crippen molar-refractivity contribution in [3.63, 3.8) is 0 Å². The third kappa shape index (κ3) is 4.58. The lowest BCUT2D eigenvalue weighted by Gasteiger charge is -2.42. The van der Waals surface area contributed by atoms with Gasteiger partial charge in [-0.2, -0.15) is 0 Å². The van der Waals surface area contributed by atoms with E-state index in [0.717, 1.165) is 81.6 Å². The van der Waals surface area contributed by atoms with E-state index in [1.165, 1.54) is 0 Å². The van der Waals surface area contributed by atoms with E-state index >= 15 is 0 Å². The summed E-state index contributed by atoms with van der Waals surface area (Å²) in [5.74, 6) is 1.57. The molecule has 2 N–H and O–H groups in total. The van der Waals surface area contributed by atoms with Crippen molar-refractivity contribution in [1.82, 2.24) is 20.9 Å². The van der Waals surface area contributed by atoms with Crippen LogP contribution in [0.2, 0.25) is 0 Å². The summed E-state index contributed by atoms with van der Waals surface area (Å²) in [6, 6.07) is 6.28. The molecule has 11 heteroatoms. The van der Waals surface area contributed by atoms with E-state index in [1.807, 2.05) is 25.1 Å². The number of carbonyl (C=O) groups excluding carboxylic acids is 1. The van der Waals surface area contributed by atoms with Crippen molar-refractivity contribution < 1.29 is 14.1 Å². The van der Waals surface area contributed by atoms with Gasteiger partial charge in [-0.1, -0.05) is 45.8 Å². The van der Waals surface area contributed by atoms with Gasteiger partial charge < -0.3 is 14.6 Å². The van der Waals surface area contributed by atoms with Gasteiger partial charge in [0.15, 0.2) is 0 Å². The Bertz CT molecular complexity index is 1510. The van der Waals surface area contributed by atoms with Gasteiger partial charge in [0.2, 0.25) is 5.13 Å². The molecule has 1 saturated heterocycles. The first-order valence-electron chi connectivity index (χ1n) is 13.6. The molecule has 7 rings (SSSR count). The maximum atomic E-state index is 12.1. The number of nitrogens with zero attached hydrogens (tertiary/aromatic N) is 3. The zero-order valence-electron chi connectivity index (χ0n) is 21.5. The number of halogens is 2. The normalized spacial score (nSPS) is 24.6. The van der Waals surface area contributed by atoms with Crippen LogP contribution < -0.4 is 15.8 Å². The summed E-state index contributed by atoms with van der Waals surface area (Å²) >= 11 is 14.8. The zero-order chi connectivity index (χ0) is 26.7. The number of hydrogen-bond acceptors (Lipinski definition) is 9. The quantitative estimate of drug-likeness (QED) is 0.307. The SMILES string of the molecule is CCOC(=O)c1ccc2nc(N3NCC4C(NCc5c(C6=C(Cl)CCC=C6Cl)noc5C5CC5)CC43)sc2c1. The minimum atomic E-state index is -0.303. The average molecular weight is 587 g/mol. The minimum Gasteiger partial charge on any atom is -0.462 e. The molecule has 8 nitrogen and oxygen atoms in total. The van der Waals surface area contributed by atoms with Gasteiger partial charge >= 0.3 is 5.97 Å². The molecule has 2 saturated carbocycles. The summed E-state index contributed by atoms with van der Waals surface area (Å²) in [5.41, 5.74) is 7.70. The van der Waals surface area contributed by atoms with Crippen LogP contribution in [0, 0.1) is 5.92 Å². The maximum Gasteiger partial charge on any atom is 0.338 e. The number of ether oxygens (including phenoxy) is 1. The Morgan fingerprint density at radius 1 is 1.33 bits per heavy atom. The molecule has 1 aliphatic heterocycles. The van der Waals surface area contributed by atoms with Gasteiger partial charge in [0.25, 0.3) is 0 Å². The van der Waals surface area contributed by atoms with E-state index in [2.05, 4.69) is 20.9 Å². The second-order valence-electron chi connectivity index (χ2n) is 10.6. The summed E-state index contributed by atoms with van der Waals surface area (Å²) in [6.07, 6.45) is 6.90. The molecule has 0 bridgehead atoms. The predicted molar refractivity (Wildman–Crippen MR) is 153 cm³/mol. The summed E-state index contributed by atoms with van der Waals surface area (Å²) < 4.78 is 12.0. The largest absolute Gasteiger partial charge is 0.462 e. The summed E-state index contributed by atoms with van der Waals surface area (Å²) in [4.78, 5) is 17.0. The van der Waals surface area contributed by atoms with Crippen LogP contribution in [-0.2, 0) is 11.3 Å². The van der Waals surface area contributed by atoms with E-state index in [0.29, 0.717) is 47.7 Å². The van der Waals surface area contributed by atoms with Gasteiger partial charge in [-0.25, -0.2) is 15.2 Å². The van der Waals surface area contributed by atoms with Gasteiger partial charge in [-0.05, 0) is 57.2 Å². The number of rotatable bonds is 8. The van der Waals surface area contributed by atoms with Crippen LogP contribution in [0.15, 0.2) is 38.9 Å². The maximum absolute atomic E-state index is 12.1. The van der Waals surface area contributed by atoms with Crippen LogP contribution >= 0.6 is 34.5 Å². The predicted octanol–water partition coefficient (Wildman–Crippen LogP) is 6.08. The fraction of sp³-hybridized carbons (Fsp3) is 0.464. The zero-order valence-corrected chi connectivity index (χ0v) is 23.8. The smallest absolute Gasteiger partial charge is 0.338 e. The molecule has 3 fully saturated rings. The Labute approximate surface area is 240 Å². The number of benzene rings is 1. The lowest BCUT2D eigenvalue weighted by atomic mass is 9.75. The first-order valence-corrected chi connectivity index (χ1v) is 15.2. The van der Waals surface area contributed by atoms with Crippen molar-refractivity contribution in [1.29, 1.82) is 0 Å². The topological polar surface area (TPSA) is 92.5 Å². The molecule has 3 heterocycles. The number of thiazole rings is 1. The van der Waals surface area contributed by atoms with Crippen LogP contribution in [0.3, 0.4) is 0 Å². The third-order valence-electron chi connectivity index (χ3n) is 8.17. The molecular weight excluding hydrogens is 557 g/mol. The van der Waals surface area contributed by atoms with Gasteiger partial charge in [-0.3, -0.25) is 5.01 Å². The number of allylic oxidation sites excluding steroid dienone is 4. The first kappa shape index (κ1) is 25.5. The molecule has 39 heavy (non-hydrogen) atoms. The lowest BCUT2D eigenvalue weighted by Crippen LogP contribution is -2.56. The van der Waals surface area contributed by atoms with E-state index in [4.69, 9.17) is 37.4 Å². The van der Waals surface area contributed by atoms with Gasteiger partial charge in [0.1, 0.15) is 11.5 Å². The molecule has 1 aromatic carbocycles. The third-order valence-corrected chi connectivity index (χ3v) is 9.91. The molecule has 0 amide bonds. The summed E-state index contributed by atoms with van der Waals surface area (Å²) in [6.45, 7) is 3.72. The van der Waals surface area contributed by atoms with Crippen molar-refractivity contribution in [2.45, 2.75) is 63.6 Å². The number of anilines is 1. The number of hydrogen-bond donors (Lipinski definition) is 2. The van der Waals surface area contributed by atoms with Crippen molar-refractivity contribution >= 4 is 61.4 Å². The number of aromatic nitrogens is 2. The Hall–Kier alpha value is -2.43. The number of esters is 1. The standard InChI is InChI=1S/C28H29Cl2N5O3S/c1-2-37-27(36)15-8-9-20-23(10-15)39-28(33-20)35-22-11-21(16(22)13-32-35)31-12-17-25(34-38-26(17)14-6-7-14)24-18(29)4-3-5-19(24)30/h4,8-10,14,16,21-22,31-32H,2-3,5-7,11-13H2,1H3. The summed E-state index contributed by atoms with van der Waals surface area (Å²) in [5, 5.41) is 12.8. The fourth-order valence-corrected chi connectivity index (χ4v) is 7.60. The highest BCUT2D eigenvalue weighted by atomic mass is 35.5. The molecule has 3 aliphatic carbocycles. The van der Waals surface area contributed by atoms with Crippen LogP contribution in [-0.4, -0.2) is 41.3 Å².